The number of fused-ring (bicyclic) bond motifs is 1. The second kappa shape index (κ2) is 6.90. The Bertz CT molecular complexity index is 1120. The van der Waals surface area contributed by atoms with Crippen LogP contribution in [0.2, 0.25) is 10.2 Å². The number of anilines is 2. The molecule has 1 N–H and O–H groups in total. The maximum atomic E-state index is 14.3. The van der Waals surface area contributed by atoms with Crippen LogP contribution in [0, 0.1) is 5.82 Å². The van der Waals surface area contributed by atoms with E-state index in [1.165, 1.54) is 12.1 Å². The van der Waals surface area contributed by atoms with Crippen molar-refractivity contribution in [2.45, 2.75) is 0 Å². The van der Waals surface area contributed by atoms with E-state index in [0.717, 1.165) is 22.3 Å². The standard InChI is InChI=1S/C20H12Cl2FN3/c21-12-5-6-16(23)15(9-12)19-11-18(14-3-1-2-4-17(14)26-19)25-13-7-8-24-20(22)10-13/h1-11H,(H,24,25,26). The van der Waals surface area contributed by atoms with Crippen LogP contribution in [0.25, 0.3) is 22.2 Å². The molecule has 0 saturated heterocycles. The van der Waals surface area contributed by atoms with Crippen molar-refractivity contribution >= 4 is 45.5 Å². The monoisotopic (exact) mass is 383 g/mol. The summed E-state index contributed by atoms with van der Waals surface area (Å²) in [6.45, 7) is 0. The molecule has 0 fully saturated rings. The van der Waals surface area contributed by atoms with Crippen molar-refractivity contribution in [3.63, 3.8) is 0 Å². The molecule has 6 heteroatoms. The van der Waals surface area contributed by atoms with Crippen molar-refractivity contribution < 1.29 is 4.39 Å². The number of pyridine rings is 2. The predicted molar refractivity (Wildman–Crippen MR) is 105 cm³/mol. The Morgan fingerprint density at radius 1 is 0.923 bits per heavy atom. The lowest BCUT2D eigenvalue weighted by molar-refractivity contribution is 0.631. The Labute approximate surface area is 159 Å². The number of hydrogen-bond acceptors (Lipinski definition) is 3. The van der Waals surface area contributed by atoms with Crippen LogP contribution in [-0.2, 0) is 0 Å². The van der Waals surface area contributed by atoms with Gasteiger partial charge >= 0.3 is 0 Å². The van der Waals surface area contributed by atoms with E-state index in [0.29, 0.717) is 21.4 Å². The lowest BCUT2D eigenvalue weighted by Crippen LogP contribution is -1.96. The van der Waals surface area contributed by atoms with Gasteiger partial charge in [0.2, 0.25) is 0 Å². The molecule has 0 aliphatic rings. The number of benzene rings is 2. The molecular formula is C20H12Cl2FN3. The van der Waals surface area contributed by atoms with Crippen LogP contribution in [0.15, 0.2) is 66.9 Å². The molecule has 0 aliphatic heterocycles. The van der Waals surface area contributed by atoms with Crippen LogP contribution in [0.5, 0.6) is 0 Å². The molecule has 2 aromatic heterocycles. The van der Waals surface area contributed by atoms with Gasteiger partial charge in [0.15, 0.2) is 0 Å². The van der Waals surface area contributed by atoms with E-state index < -0.39 is 0 Å². The number of halogens is 3. The SMILES string of the molecule is Fc1ccc(Cl)cc1-c1cc(Nc2ccnc(Cl)c2)c2ccccc2n1. The Hall–Kier alpha value is -2.69. The van der Waals surface area contributed by atoms with Crippen LogP contribution in [0.1, 0.15) is 0 Å². The van der Waals surface area contributed by atoms with Crippen LogP contribution in [-0.4, -0.2) is 9.97 Å². The van der Waals surface area contributed by atoms with Gasteiger partial charge in [-0.1, -0.05) is 41.4 Å². The summed E-state index contributed by atoms with van der Waals surface area (Å²) >= 11 is 12.0. The highest BCUT2D eigenvalue weighted by Crippen LogP contribution is 2.32. The smallest absolute Gasteiger partial charge is 0.132 e. The summed E-state index contributed by atoms with van der Waals surface area (Å²) in [5, 5.41) is 5.06. The number of rotatable bonds is 3. The van der Waals surface area contributed by atoms with Crippen molar-refractivity contribution in [1.82, 2.24) is 9.97 Å². The van der Waals surface area contributed by atoms with Gasteiger partial charge < -0.3 is 5.32 Å². The number of nitrogens with zero attached hydrogens (tertiary/aromatic N) is 2. The summed E-state index contributed by atoms with van der Waals surface area (Å²) in [5.74, 6) is -0.380. The highest BCUT2D eigenvalue weighted by Gasteiger charge is 2.12. The quantitative estimate of drug-likeness (QED) is 0.411. The van der Waals surface area contributed by atoms with E-state index in [1.54, 1.807) is 30.5 Å². The normalized spacial score (nSPS) is 10.9. The van der Waals surface area contributed by atoms with E-state index >= 15 is 0 Å². The number of aromatic nitrogens is 2. The van der Waals surface area contributed by atoms with Gasteiger partial charge in [0, 0.05) is 27.9 Å². The molecule has 0 unspecified atom stereocenters. The molecule has 0 saturated carbocycles. The van der Waals surface area contributed by atoms with Crippen molar-refractivity contribution in [3.05, 3.63) is 82.9 Å². The van der Waals surface area contributed by atoms with Gasteiger partial charge in [-0.2, -0.15) is 0 Å². The lowest BCUT2D eigenvalue weighted by Gasteiger charge is -2.13. The van der Waals surface area contributed by atoms with E-state index in [1.807, 2.05) is 24.3 Å². The molecule has 0 atom stereocenters. The molecule has 26 heavy (non-hydrogen) atoms. The van der Waals surface area contributed by atoms with Gasteiger partial charge in [0.25, 0.3) is 0 Å². The molecule has 3 nitrogen and oxygen atoms in total. The van der Waals surface area contributed by atoms with Crippen molar-refractivity contribution in [2.24, 2.45) is 0 Å². The zero-order valence-electron chi connectivity index (χ0n) is 13.4. The molecular weight excluding hydrogens is 372 g/mol. The van der Waals surface area contributed by atoms with Crippen molar-refractivity contribution in [3.8, 4) is 11.3 Å². The van der Waals surface area contributed by atoms with Crippen LogP contribution < -0.4 is 5.32 Å². The molecule has 0 amide bonds. The van der Waals surface area contributed by atoms with E-state index in [-0.39, 0.29) is 5.82 Å². The van der Waals surface area contributed by atoms with E-state index in [9.17, 15) is 4.39 Å². The second-order valence-corrected chi connectivity index (χ2v) is 6.51. The van der Waals surface area contributed by atoms with Crippen LogP contribution in [0.4, 0.5) is 15.8 Å². The number of hydrogen-bond donors (Lipinski definition) is 1. The topological polar surface area (TPSA) is 37.8 Å². The Balaban J connectivity index is 1.90. The third kappa shape index (κ3) is 3.34. The average molecular weight is 384 g/mol. The maximum absolute atomic E-state index is 14.3. The van der Waals surface area contributed by atoms with Gasteiger partial charge in [-0.05, 0) is 42.5 Å². The fourth-order valence-corrected chi connectivity index (χ4v) is 3.09. The molecule has 2 heterocycles. The molecule has 4 aromatic rings. The summed E-state index contributed by atoms with van der Waals surface area (Å²) in [4.78, 5) is 8.57. The summed E-state index contributed by atoms with van der Waals surface area (Å²) < 4.78 is 14.3. The molecule has 0 aliphatic carbocycles. The molecule has 0 bridgehead atoms. The number of nitrogens with one attached hydrogen (secondary N) is 1. The van der Waals surface area contributed by atoms with Crippen molar-refractivity contribution in [2.75, 3.05) is 5.32 Å². The third-order valence-electron chi connectivity index (χ3n) is 3.93. The first-order valence-corrected chi connectivity index (χ1v) is 8.59. The Kier molecular flexibility index (Phi) is 4.45. The Morgan fingerprint density at radius 2 is 1.77 bits per heavy atom. The Morgan fingerprint density at radius 3 is 2.62 bits per heavy atom. The van der Waals surface area contributed by atoms with E-state index in [2.05, 4.69) is 15.3 Å². The zero-order valence-corrected chi connectivity index (χ0v) is 14.9. The fourth-order valence-electron chi connectivity index (χ4n) is 2.75. The highest BCUT2D eigenvalue weighted by molar-refractivity contribution is 6.31. The first-order chi connectivity index (χ1) is 12.6. The maximum Gasteiger partial charge on any atom is 0.132 e. The van der Waals surface area contributed by atoms with Crippen LogP contribution in [0.3, 0.4) is 0 Å². The minimum absolute atomic E-state index is 0.346. The summed E-state index contributed by atoms with van der Waals surface area (Å²) in [7, 11) is 0. The second-order valence-electron chi connectivity index (χ2n) is 5.69. The largest absolute Gasteiger partial charge is 0.355 e. The lowest BCUT2D eigenvalue weighted by atomic mass is 10.1. The van der Waals surface area contributed by atoms with Gasteiger partial charge in [-0.15, -0.1) is 0 Å². The van der Waals surface area contributed by atoms with Gasteiger partial charge in [0.1, 0.15) is 11.0 Å². The summed E-state index contributed by atoms with van der Waals surface area (Å²) in [6, 6.07) is 17.4. The highest BCUT2D eigenvalue weighted by atomic mass is 35.5. The first kappa shape index (κ1) is 16.8. The molecule has 128 valence electrons. The number of para-hydroxylation sites is 1. The average Bonchev–Trinajstić information content (AvgIpc) is 2.64. The minimum Gasteiger partial charge on any atom is -0.355 e. The molecule has 2 aromatic carbocycles. The van der Waals surface area contributed by atoms with Gasteiger partial charge in [0.05, 0.1) is 16.9 Å². The predicted octanol–water partition coefficient (Wildman–Crippen LogP) is 6.49. The molecule has 0 radical (unpaired) electrons. The first-order valence-electron chi connectivity index (χ1n) is 7.84. The fraction of sp³-hybridized carbons (Fsp3) is 0. The van der Waals surface area contributed by atoms with Gasteiger partial charge in [-0.25, -0.2) is 14.4 Å². The van der Waals surface area contributed by atoms with Gasteiger partial charge in [-0.3, -0.25) is 0 Å². The van der Waals surface area contributed by atoms with E-state index in [4.69, 9.17) is 23.2 Å². The zero-order chi connectivity index (χ0) is 18.1. The van der Waals surface area contributed by atoms with Crippen LogP contribution >= 0.6 is 23.2 Å². The summed E-state index contributed by atoms with van der Waals surface area (Å²) in [6.07, 6.45) is 1.62. The molecule has 4 rings (SSSR count). The molecule has 0 spiro atoms. The van der Waals surface area contributed by atoms with Crippen molar-refractivity contribution in [1.29, 1.82) is 0 Å². The third-order valence-corrected chi connectivity index (χ3v) is 4.37. The summed E-state index contributed by atoms with van der Waals surface area (Å²) in [5.41, 5.74) is 3.14. The minimum atomic E-state index is -0.380.